The van der Waals surface area contributed by atoms with Gasteiger partial charge >= 0.3 is 0 Å². The Morgan fingerprint density at radius 1 is 0.818 bits per heavy atom. The third-order valence-electron chi connectivity index (χ3n) is 12.0. The van der Waals surface area contributed by atoms with E-state index in [9.17, 15) is 20.4 Å². The molecule has 33 heavy (non-hydrogen) atoms. The maximum Gasteiger partial charge on any atom is 0.106 e. The van der Waals surface area contributed by atoms with Crippen LogP contribution in [0.25, 0.3) is 0 Å². The molecule has 0 aromatic heterocycles. The van der Waals surface area contributed by atoms with Crippen LogP contribution in [0.1, 0.15) is 99.8 Å². The molecule has 0 amide bonds. The first kappa shape index (κ1) is 25.9. The molecule has 0 radical (unpaired) electrons. The summed E-state index contributed by atoms with van der Waals surface area (Å²) in [5.74, 6) is 3.37. The molecule has 0 aromatic carbocycles. The Balaban J connectivity index is 1.52. The number of fused-ring (bicyclic) bond motifs is 5. The van der Waals surface area contributed by atoms with Crippen molar-refractivity contribution in [3.05, 3.63) is 0 Å². The highest BCUT2D eigenvalue weighted by Crippen LogP contribution is 2.68. The molecule has 4 fully saturated rings. The minimum atomic E-state index is -1.14. The van der Waals surface area contributed by atoms with Crippen LogP contribution >= 0.6 is 0 Å². The summed E-state index contributed by atoms with van der Waals surface area (Å²) >= 11 is 0. The molecular formula is C29H52O4. The van der Waals surface area contributed by atoms with Crippen molar-refractivity contribution in [2.75, 3.05) is 0 Å². The maximum absolute atomic E-state index is 11.2. The van der Waals surface area contributed by atoms with Gasteiger partial charge in [0.05, 0.1) is 18.3 Å². The Bertz CT molecular complexity index is 702. The molecule has 0 saturated heterocycles. The Labute approximate surface area is 202 Å². The van der Waals surface area contributed by atoms with Gasteiger partial charge in [0, 0.05) is 5.92 Å². The van der Waals surface area contributed by atoms with Crippen LogP contribution in [0, 0.1) is 57.7 Å². The zero-order chi connectivity index (χ0) is 24.5. The average Bonchev–Trinajstić information content (AvgIpc) is 3.06. The molecule has 0 spiro atoms. The smallest absolute Gasteiger partial charge is 0.106 e. The van der Waals surface area contributed by atoms with E-state index in [4.69, 9.17) is 0 Å². The summed E-state index contributed by atoms with van der Waals surface area (Å²) in [6.07, 6.45) is 5.04. The van der Waals surface area contributed by atoms with Crippen molar-refractivity contribution in [2.45, 2.75) is 124 Å². The van der Waals surface area contributed by atoms with E-state index in [-0.39, 0.29) is 11.3 Å². The molecule has 4 saturated carbocycles. The summed E-state index contributed by atoms with van der Waals surface area (Å²) in [5, 5.41) is 42.9. The van der Waals surface area contributed by atoms with Crippen molar-refractivity contribution in [1.29, 1.82) is 0 Å². The summed E-state index contributed by atoms with van der Waals surface area (Å²) in [6, 6.07) is 0. The second-order valence-corrected chi connectivity index (χ2v) is 14.5. The average molecular weight is 465 g/mol. The lowest BCUT2D eigenvalue weighted by atomic mass is 9.43. The van der Waals surface area contributed by atoms with E-state index >= 15 is 0 Å². The van der Waals surface area contributed by atoms with E-state index in [1.165, 1.54) is 32.1 Å². The van der Waals surface area contributed by atoms with Gasteiger partial charge in [-0.3, -0.25) is 0 Å². The summed E-state index contributed by atoms with van der Waals surface area (Å²) in [7, 11) is 0. The monoisotopic (exact) mass is 464 g/mol. The molecule has 4 aliphatic rings. The molecule has 192 valence electrons. The molecule has 4 heteroatoms. The molecule has 0 aliphatic heterocycles. The number of aliphatic hydroxyl groups is 4. The van der Waals surface area contributed by atoms with Crippen LogP contribution in [0.4, 0.5) is 0 Å². The van der Waals surface area contributed by atoms with E-state index in [1.54, 1.807) is 0 Å². The third-order valence-corrected chi connectivity index (χ3v) is 12.0. The summed E-state index contributed by atoms with van der Waals surface area (Å²) in [4.78, 5) is 0. The van der Waals surface area contributed by atoms with Crippen molar-refractivity contribution in [1.82, 2.24) is 0 Å². The molecule has 4 N–H and O–H groups in total. The van der Waals surface area contributed by atoms with E-state index in [1.807, 2.05) is 0 Å². The normalized spacial score (nSPS) is 51.9. The van der Waals surface area contributed by atoms with Crippen LogP contribution in [0.15, 0.2) is 0 Å². The Morgan fingerprint density at radius 3 is 2.09 bits per heavy atom. The topological polar surface area (TPSA) is 80.9 Å². The summed E-state index contributed by atoms with van der Waals surface area (Å²) in [6.45, 7) is 16.7. The summed E-state index contributed by atoms with van der Waals surface area (Å²) in [5.41, 5.74) is 0.389. The van der Waals surface area contributed by atoms with E-state index in [0.29, 0.717) is 35.0 Å². The number of hydrogen-bond acceptors (Lipinski definition) is 4. The van der Waals surface area contributed by atoms with Gasteiger partial charge in [0.2, 0.25) is 0 Å². The van der Waals surface area contributed by atoms with Crippen LogP contribution in [-0.4, -0.2) is 44.8 Å². The summed E-state index contributed by atoms with van der Waals surface area (Å²) < 4.78 is 0. The molecular weight excluding hydrogens is 412 g/mol. The molecule has 4 aliphatic carbocycles. The van der Waals surface area contributed by atoms with Crippen LogP contribution < -0.4 is 0 Å². The van der Waals surface area contributed by atoms with E-state index in [2.05, 4.69) is 48.5 Å². The lowest BCUT2D eigenvalue weighted by molar-refractivity contribution is -0.237. The quantitative estimate of drug-likeness (QED) is 0.471. The zero-order valence-electron chi connectivity index (χ0n) is 22.3. The second-order valence-electron chi connectivity index (χ2n) is 14.5. The fourth-order valence-electron chi connectivity index (χ4n) is 9.59. The van der Waals surface area contributed by atoms with Gasteiger partial charge in [0.15, 0.2) is 0 Å². The minimum absolute atomic E-state index is 0.312. The van der Waals surface area contributed by atoms with Gasteiger partial charge in [-0.05, 0) is 96.7 Å². The molecule has 0 aromatic rings. The Hall–Kier alpha value is -0.160. The number of rotatable bonds is 4. The largest absolute Gasteiger partial charge is 0.393 e. The lowest BCUT2D eigenvalue weighted by Crippen LogP contribution is -2.65. The van der Waals surface area contributed by atoms with Gasteiger partial charge in [0.1, 0.15) is 6.10 Å². The van der Waals surface area contributed by atoms with Crippen molar-refractivity contribution < 1.29 is 20.4 Å². The standard InChI is InChI=1S/C29H52O4/c1-16(8-9-17(2)27(3,4)5)19-10-11-20-18-14-22(30)24-26(33)25(32)23(31)15-29(24,7)21(18)12-13-28(19,20)6/h16-26,30-33H,8-15H2,1-7H3/t16-,17?,18+,19-,20+,21+,22+,23+,24+,25-,26-,28-,29-/m1/s1. The highest BCUT2D eigenvalue weighted by molar-refractivity contribution is 5.14. The van der Waals surface area contributed by atoms with Crippen molar-refractivity contribution in [3.8, 4) is 0 Å². The Kier molecular flexibility index (Phi) is 6.87. The Morgan fingerprint density at radius 2 is 1.45 bits per heavy atom. The first-order valence-electron chi connectivity index (χ1n) is 13.9. The lowest BCUT2D eigenvalue weighted by Gasteiger charge is -2.63. The van der Waals surface area contributed by atoms with E-state index in [0.717, 1.165) is 30.6 Å². The first-order chi connectivity index (χ1) is 15.2. The molecule has 13 atom stereocenters. The van der Waals surface area contributed by atoms with Crippen molar-refractivity contribution >= 4 is 0 Å². The van der Waals surface area contributed by atoms with Crippen LogP contribution in [0.5, 0.6) is 0 Å². The van der Waals surface area contributed by atoms with Crippen LogP contribution in [0.2, 0.25) is 0 Å². The van der Waals surface area contributed by atoms with Gasteiger partial charge in [-0.1, -0.05) is 54.9 Å². The van der Waals surface area contributed by atoms with Crippen molar-refractivity contribution in [3.63, 3.8) is 0 Å². The predicted octanol–water partition coefficient (Wildman–Crippen LogP) is 5.02. The first-order valence-corrected chi connectivity index (χ1v) is 13.9. The highest BCUT2D eigenvalue weighted by Gasteiger charge is 2.65. The highest BCUT2D eigenvalue weighted by atomic mass is 16.4. The minimum Gasteiger partial charge on any atom is -0.393 e. The van der Waals surface area contributed by atoms with Crippen molar-refractivity contribution in [2.24, 2.45) is 57.7 Å². The molecule has 0 bridgehead atoms. The van der Waals surface area contributed by atoms with Gasteiger partial charge < -0.3 is 20.4 Å². The molecule has 4 rings (SSSR count). The number of hydrogen-bond donors (Lipinski definition) is 4. The van der Waals surface area contributed by atoms with Gasteiger partial charge in [-0.15, -0.1) is 0 Å². The van der Waals surface area contributed by atoms with E-state index < -0.39 is 24.4 Å². The fourth-order valence-corrected chi connectivity index (χ4v) is 9.59. The van der Waals surface area contributed by atoms with Crippen LogP contribution in [0.3, 0.4) is 0 Å². The molecule has 4 nitrogen and oxygen atoms in total. The van der Waals surface area contributed by atoms with Gasteiger partial charge in [-0.25, -0.2) is 0 Å². The number of aliphatic hydroxyl groups excluding tert-OH is 4. The third kappa shape index (κ3) is 4.13. The zero-order valence-corrected chi connectivity index (χ0v) is 22.3. The molecule has 0 heterocycles. The molecule has 1 unspecified atom stereocenters. The van der Waals surface area contributed by atoms with Crippen LogP contribution in [-0.2, 0) is 0 Å². The second kappa shape index (κ2) is 8.75. The SMILES string of the molecule is CC(CC[C@@H](C)[C@H]1CC[C@H]2[C@@H]3C[C@H](O)[C@H]4[C@@H](O)[C@H](O)[C@@H](O)C[C@]4(C)[C@H]3CC[C@]12C)C(C)(C)C. The fraction of sp³-hybridized carbons (Fsp3) is 1.00. The predicted molar refractivity (Wildman–Crippen MR) is 132 cm³/mol. The van der Waals surface area contributed by atoms with Gasteiger partial charge in [0.25, 0.3) is 0 Å². The maximum atomic E-state index is 11.2. The van der Waals surface area contributed by atoms with Gasteiger partial charge in [-0.2, -0.15) is 0 Å².